The van der Waals surface area contributed by atoms with Crippen molar-refractivity contribution in [3.8, 4) is 5.75 Å². The van der Waals surface area contributed by atoms with Gasteiger partial charge in [-0.1, -0.05) is 0 Å². The van der Waals surface area contributed by atoms with E-state index in [1.54, 1.807) is 13.8 Å². The molecule has 0 aromatic carbocycles. The van der Waals surface area contributed by atoms with E-state index in [4.69, 9.17) is 5.73 Å². The fourth-order valence-corrected chi connectivity index (χ4v) is 1.06. The minimum absolute atomic E-state index is 0.100. The molecule has 0 aliphatic rings. The average molecular weight is 237 g/mol. The second-order valence-corrected chi connectivity index (χ2v) is 4.32. The Morgan fingerprint density at radius 3 is 2.71 bits per heavy atom. The molecule has 0 radical (unpaired) electrons. The maximum Gasteiger partial charge on any atom is 0.255 e. The summed E-state index contributed by atoms with van der Waals surface area (Å²) in [6, 6.07) is 1.39. The highest BCUT2D eigenvalue weighted by Crippen LogP contribution is 2.15. The number of primary amides is 1. The Labute approximate surface area is 98.8 Å². The number of rotatable bonds is 4. The van der Waals surface area contributed by atoms with Crippen molar-refractivity contribution in [2.45, 2.75) is 13.8 Å². The van der Waals surface area contributed by atoms with E-state index in [1.807, 2.05) is 0 Å². The van der Waals surface area contributed by atoms with Gasteiger partial charge in [0.1, 0.15) is 5.75 Å². The van der Waals surface area contributed by atoms with Crippen LogP contribution in [-0.2, 0) is 4.79 Å². The Balaban J connectivity index is 2.69. The first kappa shape index (κ1) is 13.0. The summed E-state index contributed by atoms with van der Waals surface area (Å²) in [5, 5.41) is 11.9. The highest BCUT2D eigenvalue weighted by molar-refractivity contribution is 5.96. The van der Waals surface area contributed by atoms with Crippen molar-refractivity contribution in [2.24, 2.45) is 11.1 Å². The van der Waals surface area contributed by atoms with E-state index in [1.165, 1.54) is 18.5 Å². The average Bonchev–Trinajstić information content (AvgIpc) is 2.26. The molecular formula is C11H15N3O3. The van der Waals surface area contributed by atoms with Gasteiger partial charge >= 0.3 is 0 Å². The summed E-state index contributed by atoms with van der Waals surface area (Å²) in [5.41, 5.74) is 4.45. The minimum atomic E-state index is -0.835. The normalized spacial score (nSPS) is 10.9. The van der Waals surface area contributed by atoms with Gasteiger partial charge < -0.3 is 16.2 Å². The lowest BCUT2D eigenvalue weighted by molar-refractivity contribution is -0.125. The van der Waals surface area contributed by atoms with Crippen molar-refractivity contribution in [3.63, 3.8) is 0 Å². The Kier molecular flexibility index (Phi) is 3.67. The van der Waals surface area contributed by atoms with Gasteiger partial charge in [0.05, 0.1) is 17.2 Å². The Morgan fingerprint density at radius 1 is 1.53 bits per heavy atom. The van der Waals surface area contributed by atoms with Gasteiger partial charge in [-0.15, -0.1) is 0 Å². The maximum atomic E-state index is 11.7. The molecule has 0 spiro atoms. The lowest BCUT2D eigenvalue weighted by Gasteiger charge is -2.20. The monoisotopic (exact) mass is 237 g/mol. The van der Waals surface area contributed by atoms with Gasteiger partial charge in [0.2, 0.25) is 5.91 Å². The standard InChI is InChI=1S/C11H15N3O3/c1-11(2,10(12)17)6-14-9(16)7-3-4-13-5-8(7)15/h3-5,15H,6H2,1-2H3,(H2,12,17)(H,14,16). The van der Waals surface area contributed by atoms with Gasteiger partial charge in [-0.3, -0.25) is 14.6 Å². The number of nitrogens with two attached hydrogens (primary N) is 1. The fourth-order valence-electron chi connectivity index (χ4n) is 1.06. The lowest BCUT2D eigenvalue weighted by Crippen LogP contribution is -2.42. The second-order valence-electron chi connectivity index (χ2n) is 4.32. The van der Waals surface area contributed by atoms with Crippen molar-refractivity contribution in [1.82, 2.24) is 10.3 Å². The molecule has 92 valence electrons. The number of nitrogens with zero attached hydrogens (tertiary/aromatic N) is 1. The number of pyridine rings is 1. The van der Waals surface area contributed by atoms with Crippen LogP contribution >= 0.6 is 0 Å². The van der Waals surface area contributed by atoms with E-state index < -0.39 is 17.2 Å². The summed E-state index contributed by atoms with van der Waals surface area (Å²) in [6.07, 6.45) is 2.57. The number of nitrogens with one attached hydrogen (secondary N) is 1. The molecule has 0 aliphatic heterocycles. The van der Waals surface area contributed by atoms with Crippen LogP contribution in [0, 0.1) is 5.41 Å². The molecule has 1 rings (SSSR count). The van der Waals surface area contributed by atoms with Crippen LogP contribution in [-0.4, -0.2) is 28.4 Å². The van der Waals surface area contributed by atoms with Gasteiger partial charge in [-0.2, -0.15) is 0 Å². The number of carbonyl (C=O) groups excluding carboxylic acids is 2. The molecule has 6 nitrogen and oxygen atoms in total. The van der Waals surface area contributed by atoms with Crippen LogP contribution in [0.25, 0.3) is 0 Å². The summed E-state index contributed by atoms with van der Waals surface area (Å²) in [4.78, 5) is 26.4. The van der Waals surface area contributed by atoms with Crippen molar-refractivity contribution in [3.05, 3.63) is 24.0 Å². The second kappa shape index (κ2) is 4.82. The molecule has 0 bridgehead atoms. The SMILES string of the molecule is CC(C)(CNC(=O)c1ccncc1O)C(N)=O. The summed E-state index contributed by atoms with van der Waals surface area (Å²) >= 11 is 0. The zero-order valence-corrected chi connectivity index (χ0v) is 9.73. The quantitative estimate of drug-likeness (QED) is 0.686. The zero-order chi connectivity index (χ0) is 13.1. The highest BCUT2D eigenvalue weighted by atomic mass is 16.3. The number of carbonyl (C=O) groups is 2. The summed E-state index contributed by atoms with van der Waals surface area (Å²) in [5.74, 6) is -1.18. The molecule has 4 N–H and O–H groups in total. The third-order valence-electron chi connectivity index (χ3n) is 2.40. The third kappa shape index (κ3) is 3.17. The van der Waals surface area contributed by atoms with Gasteiger partial charge in [-0.05, 0) is 19.9 Å². The smallest absolute Gasteiger partial charge is 0.255 e. The molecule has 1 heterocycles. The molecule has 0 aliphatic carbocycles. The van der Waals surface area contributed by atoms with Gasteiger partial charge in [0.25, 0.3) is 5.91 Å². The van der Waals surface area contributed by atoms with E-state index in [9.17, 15) is 14.7 Å². The molecule has 1 aromatic heterocycles. The molecule has 0 atom stereocenters. The first-order chi connectivity index (χ1) is 7.84. The van der Waals surface area contributed by atoms with Gasteiger partial charge in [-0.25, -0.2) is 0 Å². The van der Waals surface area contributed by atoms with Crippen molar-refractivity contribution in [2.75, 3.05) is 6.54 Å². The number of aromatic hydroxyl groups is 1. The predicted octanol–water partition coefficient (Wildman–Crippen LogP) is 0.0285. The maximum absolute atomic E-state index is 11.7. The van der Waals surface area contributed by atoms with E-state index >= 15 is 0 Å². The third-order valence-corrected chi connectivity index (χ3v) is 2.40. The Morgan fingerprint density at radius 2 is 2.18 bits per heavy atom. The minimum Gasteiger partial charge on any atom is -0.505 e. The van der Waals surface area contributed by atoms with E-state index in [0.717, 1.165) is 0 Å². The lowest BCUT2D eigenvalue weighted by atomic mass is 9.92. The molecule has 17 heavy (non-hydrogen) atoms. The molecule has 0 saturated heterocycles. The molecule has 0 unspecified atom stereocenters. The van der Waals surface area contributed by atoms with Gasteiger partial charge in [0, 0.05) is 12.7 Å². The van der Waals surface area contributed by atoms with Crippen molar-refractivity contribution in [1.29, 1.82) is 0 Å². The van der Waals surface area contributed by atoms with Crippen LogP contribution in [0.2, 0.25) is 0 Å². The molecule has 6 heteroatoms. The molecular weight excluding hydrogens is 222 g/mol. The predicted molar refractivity (Wildman–Crippen MR) is 61.2 cm³/mol. The van der Waals surface area contributed by atoms with Gasteiger partial charge in [0.15, 0.2) is 0 Å². The summed E-state index contributed by atoms with van der Waals surface area (Å²) in [7, 11) is 0. The Hall–Kier alpha value is -2.11. The van der Waals surface area contributed by atoms with Crippen LogP contribution in [0.3, 0.4) is 0 Å². The van der Waals surface area contributed by atoms with Crippen molar-refractivity contribution < 1.29 is 14.7 Å². The number of hydrogen-bond acceptors (Lipinski definition) is 4. The summed E-state index contributed by atoms with van der Waals surface area (Å²) in [6.45, 7) is 3.35. The molecule has 1 aromatic rings. The molecule has 0 fully saturated rings. The zero-order valence-electron chi connectivity index (χ0n) is 9.73. The van der Waals surface area contributed by atoms with Crippen LogP contribution in [0.15, 0.2) is 18.5 Å². The molecule has 0 saturated carbocycles. The topological polar surface area (TPSA) is 105 Å². The van der Waals surface area contributed by atoms with Crippen LogP contribution < -0.4 is 11.1 Å². The Bertz CT molecular complexity index is 443. The first-order valence-electron chi connectivity index (χ1n) is 5.05. The van der Waals surface area contributed by atoms with Crippen molar-refractivity contribution >= 4 is 11.8 Å². The van der Waals surface area contributed by atoms with Crippen LogP contribution in [0.1, 0.15) is 24.2 Å². The van der Waals surface area contributed by atoms with Crippen LogP contribution in [0.5, 0.6) is 5.75 Å². The van der Waals surface area contributed by atoms with E-state index in [2.05, 4.69) is 10.3 Å². The highest BCUT2D eigenvalue weighted by Gasteiger charge is 2.26. The fraction of sp³-hybridized carbons (Fsp3) is 0.364. The van der Waals surface area contributed by atoms with E-state index in [-0.39, 0.29) is 17.9 Å². The number of amides is 2. The largest absolute Gasteiger partial charge is 0.505 e. The number of hydrogen-bond donors (Lipinski definition) is 3. The number of aromatic nitrogens is 1. The summed E-state index contributed by atoms with van der Waals surface area (Å²) < 4.78 is 0. The first-order valence-corrected chi connectivity index (χ1v) is 5.05. The molecule has 2 amide bonds. The van der Waals surface area contributed by atoms with Crippen LogP contribution in [0.4, 0.5) is 0 Å². The van der Waals surface area contributed by atoms with E-state index in [0.29, 0.717) is 0 Å².